The molecule has 21 heavy (non-hydrogen) atoms. The van der Waals surface area contributed by atoms with E-state index in [9.17, 15) is 4.79 Å². The van der Waals surface area contributed by atoms with Gasteiger partial charge in [-0.25, -0.2) is 0 Å². The van der Waals surface area contributed by atoms with Crippen LogP contribution >= 0.6 is 22.6 Å². The fraction of sp³-hybridized carbons (Fsp3) is 0.286. The summed E-state index contributed by atoms with van der Waals surface area (Å²) in [5.74, 6) is 0.604. The summed E-state index contributed by atoms with van der Waals surface area (Å²) in [4.78, 5) is 11.9. The number of methoxy groups -OCH3 is 1. The average molecular weight is 400 g/mol. The van der Waals surface area contributed by atoms with Crippen molar-refractivity contribution in [3.05, 3.63) is 34.2 Å². The highest BCUT2D eigenvalue weighted by molar-refractivity contribution is 14.1. The second-order valence-electron chi connectivity index (χ2n) is 4.53. The van der Waals surface area contributed by atoms with Gasteiger partial charge in [0.2, 0.25) is 5.91 Å². The van der Waals surface area contributed by atoms with Gasteiger partial charge in [-0.1, -0.05) is 0 Å². The Balaban J connectivity index is 1.81. The number of anilines is 2. The van der Waals surface area contributed by atoms with Crippen LogP contribution in [0.3, 0.4) is 0 Å². The number of halogens is 1. The first-order valence-electron chi connectivity index (χ1n) is 6.50. The molecule has 3 N–H and O–H groups in total. The Hall–Kier alpha value is -1.77. The van der Waals surface area contributed by atoms with Crippen molar-refractivity contribution in [2.45, 2.75) is 19.4 Å². The highest BCUT2D eigenvalue weighted by Crippen LogP contribution is 2.24. The van der Waals surface area contributed by atoms with Crippen LogP contribution in [0.4, 0.5) is 11.4 Å². The van der Waals surface area contributed by atoms with Crippen LogP contribution in [-0.4, -0.2) is 22.8 Å². The summed E-state index contributed by atoms with van der Waals surface area (Å²) in [6.45, 7) is 0.717. The van der Waals surface area contributed by atoms with Crippen molar-refractivity contribution in [1.82, 2.24) is 9.78 Å². The zero-order valence-corrected chi connectivity index (χ0v) is 13.8. The molecule has 1 amide bonds. The van der Waals surface area contributed by atoms with E-state index in [1.165, 1.54) is 0 Å². The van der Waals surface area contributed by atoms with E-state index in [0.29, 0.717) is 30.1 Å². The number of nitrogens with zero attached hydrogens (tertiary/aromatic N) is 2. The minimum absolute atomic E-state index is 0.0614. The van der Waals surface area contributed by atoms with Crippen LogP contribution in [0.1, 0.15) is 12.8 Å². The van der Waals surface area contributed by atoms with Gasteiger partial charge in [-0.05, 0) is 41.1 Å². The Morgan fingerprint density at radius 3 is 2.95 bits per heavy atom. The van der Waals surface area contributed by atoms with Crippen molar-refractivity contribution in [3.8, 4) is 5.75 Å². The second-order valence-corrected chi connectivity index (χ2v) is 5.77. The first-order valence-corrected chi connectivity index (χ1v) is 7.57. The monoisotopic (exact) mass is 400 g/mol. The number of benzene rings is 1. The van der Waals surface area contributed by atoms with Gasteiger partial charge in [0.15, 0.2) is 0 Å². The number of nitrogens with two attached hydrogens (primary N) is 1. The molecule has 1 aromatic heterocycles. The number of hydrogen-bond acceptors (Lipinski definition) is 4. The quantitative estimate of drug-likeness (QED) is 0.577. The second kappa shape index (κ2) is 7.30. The standard InChI is InChI=1S/C14H17IN4O2/c1-21-11-4-5-13(12(16)7-11)18-14(20)3-2-6-19-9-10(15)8-17-19/h4-5,7-9H,2-3,6,16H2,1H3,(H,18,20). The van der Waals surface area contributed by atoms with Crippen molar-refractivity contribution >= 4 is 39.9 Å². The molecule has 0 radical (unpaired) electrons. The summed E-state index contributed by atoms with van der Waals surface area (Å²) in [7, 11) is 1.57. The Labute approximate surface area is 136 Å². The fourth-order valence-corrected chi connectivity index (χ4v) is 2.30. The number of ether oxygens (including phenoxy) is 1. The SMILES string of the molecule is COc1ccc(NC(=O)CCCn2cc(I)cn2)c(N)c1. The van der Waals surface area contributed by atoms with Gasteiger partial charge in [-0.15, -0.1) is 0 Å². The fourth-order valence-electron chi connectivity index (χ4n) is 1.86. The average Bonchev–Trinajstić information content (AvgIpc) is 2.86. The minimum atomic E-state index is -0.0614. The predicted octanol–water partition coefficient (Wildman–Crippen LogP) is 2.50. The molecule has 2 rings (SSSR count). The van der Waals surface area contributed by atoms with Crippen molar-refractivity contribution in [3.63, 3.8) is 0 Å². The normalized spacial score (nSPS) is 10.4. The van der Waals surface area contributed by atoms with Crippen LogP contribution in [0.2, 0.25) is 0 Å². The van der Waals surface area contributed by atoms with Crippen LogP contribution in [0.5, 0.6) is 5.75 Å². The summed E-state index contributed by atoms with van der Waals surface area (Å²) in [6, 6.07) is 5.18. The molecule has 0 spiro atoms. The molecule has 0 aliphatic carbocycles. The van der Waals surface area contributed by atoms with E-state index in [4.69, 9.17) is 10.5 Å². The highest BCUT2D eigenvalue weighted by Gasteiger charge is 2.06. The topological polar surface area (TPSA) is 82.2 Å². The highest BCUT2D eigenvalue weighted by atomic mass is 127. The molecule has 1 aromatic carbocycles. The van der Waals surface area contributed by atoms with Crippen LogP contribution in [0.25, 0.3) is 0 Å². The summed E-state index contributed by atoms with van der Waals surface area (Å²) in [5.41, 5.74) is 6.95. The minimum Gasteiger partial charge on any atom is -0.497 e. The maximum Gasteiger partial charge on any atom is 0.224 e. The molecule has 0 bridgehead atoms. The molecular weight excluding hydrogens is 383 g/mol. The van der Waals surface area contributed by atoms with E-state index in [1.54, 1.807) is 31.5 Å². The lowest BCUT2D eigenvalue weighted by molar-refractivity contribution is -0.116. The number of aryl methyl sites for hydroxylation is 1. The molecule has 0 saturated heterocycles. The molecule has 0 unspecified atom stereocenters. The first kappa shape index (κ1) is 15.6. The summed E-state index contributed by atoms with van der Waals surface area (Å²) < 4.78 is 7.98. The Morgan fingerprint density at radius 1 is 1.52 bits per heavy atom. The number of aromatic nitrogens is 2. The number of carbonyl (C=O) groups excluding carboxylic acids is 1. The van der Waals surface area contributed by atoms with Gasteiger partial charge in [-0.2, -0.15) is 5.10 Å². The third kappa shape index (κ3) is 4.62. The number of amides is 1. The lowest BCUT2D eigenvalue weighted by Crippen LogP contribution is -2.13. The van der Waals surface area contributed by atoms with Crippen LogP contribution in [-0.2, 0) is 11.3 Å². The molecule has 112 valence electrons. The lowest BCUT2D eigenvalue weighted by Gasteiger charge is -2.09. The van der Waals surface area contributed by atoms with Crippen LogP contribution in [0, 0.1) is 3.57 Å². The van der Waals surface area contributed by atoms with Gasteiger partial charge in [0.25, 0.3) is 0 Å². The molecular formula is C14H17IN4O2. The summed E-state index contributed by atoms with van der Waals surface area (Å²) >= 11 is 2.20. The van der Waals surface area contributed by atoms with Crippen LogP contribution in [0.15, 0.2) is 30.6 Å². The van der Waals surface area contributed by atoms with Gasteiger partial charge < -0.3 is 15.8 Å². The van der Waals surface area contributed by atoms with E-state index >= 15 is 0 Å². The number of rotatable bonds is 6. The maximum atomic E-state index is 11.9. The van der Waals surface area contributed by atoms with Crippen molar-refractivity contribution in [2.24, 2.45) is 0 Å². The molecule has 7 heteroatoms. The van der Waals surface area contributed by atoms with Crippen molar-refractivity contribution in [1.29, 1.82) is 0 Å². The molecule has 0 aliphatic rings. The van der Waals surface area contributed by atoms with Gasteiger partial charge in [0.05, 0.1) is 28.3 Å². The lowest BCUT2D eigenvalue weighted by atomic mass is 10.2. The number of nitrogen functional groups attached to an aromatic ring is 1. The smallest absolute Gasteiger partial charge is 0.224 e. The van der Waals surface area contributed by atoms with E-state index in [0.717, 1.165) is 9.99 Å². The van der Waals surface area contributed by atoms with Crippen LogP contribution < -0.4 is 15.8 Å². The van der Waals surface area contributed by atoms with Gasteiger partial charge in [-0.3, -0.25) is 9.48 Å². The maximum absolute atomic E-state index is 11.9. The Morgan fingerprint density at radius 2 is 2.33 bits per heavy atom. The molecule has 6 nitrogen and oxygen atoms in total. The zero-order chi connectivity index (χ0) is 15.2. The molecule has 0 fully saturated rings. The summed E-state index contributed by atoms with van der Waals surface area (Å²) in [6.07, 6.45) is 4.88. The molecule has 0 saturated carbocycles. The molecule has 2 aromatic rings. The van der Waals surface area contributed by atoms with E-state index in [1.807, 2.05) is 10.9 Å². The van der Waals surface area contributed by atoms with Crippen molar-refractivity contribution < 1.29 is 9.53 Å². The first-order chi connectivity index (χ1) is 10.1. The largest absolute Gasteiger partial charge is 0.497 e. The number of nitrogens with one attached hydrogen (secondary N) is 1. The number of hydrogen-bond donors (Lipinski definition) is 2. The van der Waals surface area contributed by atoms with E-state index in [-0.39, 0.29) is 5.91 Å². The number of carbonyl (C=O) groups is 1. The summed E-state index contributed by atoms with van der Waals surface area (Å²) in [5, 5.41) is 6.98. The molecule has 0 aliphatic heterocycles. The molecule has 1 heterocycles. The molecule has 0 atom stereocenters. The Bertz CT molecular complexity index is 627. The zero-order valence-electron chi connectivity index (χ0n) is 11.7. The van der Waals surface area contributed by atoms with E-state index in [2.05, 4.69) is 33.0 Å². The van der Waals surface area contributed by atoms with Gasteiger partial charge in [0.1, 0.15) is 5.75 Å². The Kier molecular flexibility index (Phi) is 5.43. The van der Waals surface area contributed by atoms with Crippen molar-refractivity contribution in [2.75, 3.05) is 18.2 Å². The van der Waals surface area contributed by atoms with Gasteiger partial charge >= 0.3 is 0 Å². The third-order valence-corrected chi connectivity index (χ3v) is 3.48. The predicted molar refractivity (Wildman–Crippen MR) is 90.2 cm³/mol. The third-order valence-electron chi connectivity index (χ3n) is 2.93. The van der Waals surface area contributed by atoms with Gasteiger partial charge in [0, 0.05) is 25.2 Å². The van der Waals surface area contributed by atoms with E-state index < -0.39 is 0 Å².